The Kier molecular flexibility index (Phi) is 4.97. The zero-order valence-corrected chi connectivity index (χ0v) is 18.4. The van der Waals surface area contributed by atoms with E-state index >= 15 is 0 Å². The van der Waals surface area contributed by atoms with Crippen LogP contribution in [0.25, 0.3) is 0 Å². The van der Waals surface area contributed by atoms with Gasteiger partial charge in [0, 0.05) is 51.4 Å². The minimum absolute atomic E-state index is 0.00800. The first-order chi connectivity index (χ1) is 14.5. The molecule has 10 heteroatoms. The van der Waals surface area contributed by atoms with Crippen LogP contribution in [-0.4, -0.2) is 74.7 Å². The first-order valence-corrected chi connectivity index (χ1v) is 12.3. The summed E-state index contributed by atoms with van der Waals surface area (Å²) < 4.78 is 73.1. The molecule has 1 aromatic heterocycles. The maximum absolute atomic E-state index is 13.4. The number of hydrogen-bond acceptors (Lipinski definition) is 5. The van der Waals surface area contributed by atoms with E-state index in [1.165, 1.54) is 23.4 Å². The molecule has 172 valence electrons. The third kappa shape index (κ3) is 3.59. The van der Waals surface area contributed by atoms with Gasteiger partial charge in [-0.15, -0.1) is 0 Å². The van der Waals surface area contributed by atoms with Crippen molar-refractivity contribution in [3.8, 4) is 0 Å². The van der Waals surface area contributed by atoms with Crippen LogP contribution < -0.4 is 0 Å². The highest BCUT2D eigenvalue weighted by atomic mass is 32.2. The minimum Gasteiger partial charge on any atom is -0.381 e. The van der Waals surface area contributed by atoms with Gasteiger partial charge in [-0.25, -0.2) is 8.42 Å². The van der Waals surface area contributed by atoms with E-state index < -0.39 is 21.6 Å². The smallest absolute Gasteiger partial charge is 0.381 e. The molecule has 0 atom stereocenters. The van der Waals surface area contributed by atoms with Gasteiger partial charge in [0.15, 0.2) is 0 Å². The predicted molar refractivity (Wildman–Crippen MR) is 107 cm³/mol. The summed E-state index contributed by atoms with van der Waals surface area (Å²) in [6, 6.07) is 2.55. The number of alkyl halides is 3. The number of rotatable bonds is 5. The van der Waals surface area contributed by atoms with Crippen LogP contribution in [-0.2, 0) is 20.2 Å². The summed E-state index contributed by atoms with van der Waals surface area (Å²) in [7, 11) is -3.75. The molecule has 0 aromatic carbocycles. The third-order valence-corrected chi connectivity index (χ3v) is 9.36. The van der Waals surface area contributed by atoms with Crippen molar-refractivity contribution in [2.45, 2.75) is 49.1 Å². The van der Waals surface area contributed by atoms with Crippen molar-refractivity contribution in [1.29, 1.82) is 0 Å². The van der Waals surface area contributed by atoms with Crippen LogP contribution in [0.4, 0.5) is 13.2 Å². The quantitative estimate of drug-likeness (QED) is 0.678. The van der Waals surface area contributed by atoms with Crippen molar-refractivity contribution in [3.05, 3.63) is 23.5 Å². The second-order valence-electron chi connectivity index (χ2n) is 9.86. The molecule has 4 fully saturated rings. The molecule has 5 rings (SSSR count). The molecule has 4 aliphatic rings. The molecule has 1 spiro atoms. The van der Waals surface area contributed by atoms with Crippen LogP contribution in [0.3, 0.4) is 0 Å². The summed E-state index contributed by atoms with van der Waals surface area (Å²) in [5, 5.41) is 0. The SMILES string of the molecule is Cc1nc(C2(C(F)(F)F)CC2)ccc1S(=O)(=O)N1CC2(CN(CC3CCOCC3)C2)C1. The number of ether oxygens (including phenoxy) is 1. The fourth-order valence-corrected chi connectivity index (χ4v) is 7.26. The maximum Gasteiger partial charge on any atom is 0.399 e. The predicted octanol–water partition coefficient (Wildman–Crippen LogP) is 2.72. The fraction of sp³-hybridized carbons (Fsp3) is 0.762. The van der Waals surface area contributed by atoms with E-state index in [0.29, 0.717) is 19.0 Å². The van der Waals surface area contributed by atoms with Crippen LogP contribution in [0.1, 0.15) is 37.1 Å². The van der Waals surface area contributed by atoms with Gasteiger partial charge in [-0.3, -0.25) is 4.98 Å². The Bertz CT molecular complexity index is 958. The number of aryl methyl sites for hydroxylation is 1. The molecule has 1 saturated carbocycles. The summed E-state index contributed by atoms with van der Waals surface area (Å²) in [5.41, 5.74) is -1.81. The molecule has 0 unspecified atom stereocenters. The lowest BCUT2D eigenvalue weighted by Crippen LogP contribution is -2.73. The summed E-state index contributed by atoms with van der Waals surface area (Å²) in [5.74, 6) is 0.657. The summed E-state index contributed by atoms with van der Waals surface area (Å²) in [6.07, 6.45) is -2.18. The van der Waals surface area contributed by atoms with Gasteiger partial charge in [-0.05, 0) is 50.7 Å². The normalized spacial score (nSPS) is 26.5. The second kappa shape index (κ2) is 7.13. The standard InChI is InChI=1S/C21H28F3N3O3S/c1-15-17(2-3-18(25-15)20(6-7-20)21(22,23)24)31(28,29)27-13-19(14-27)11-26(12-19)10-16-4-8-30-9-5-16/h2-3,16H,4-14H2,1H3. The Labute approximate surface area is 180 Å². The minimum atomic E-state index is -4.36. The van der Waals surface area contributed by atoms with Crippen molar-refractivity contribution in [1.82, 2.24) is 14.2 Å². The first kappa shape index (κ1) is 21.6. The topological polar surface area (TPSA) is 62.7 Å². The van der Waals surface area contributed by atoms with Crippen molar-refractivity contribution in [3.63, 3.8) is 0 Å². The monoisotopic (exact) mass is 459 g/mol. The molecule has 3 aliphatic heterocycles. The molecule has 3 saturated heterocycles. The molecule has 4 heterocycles. The largest absolute Gasteiger partial charge is 0.399 e. The lowest BCUT2D eigenvalue weighted by atomic mass is 9.74. The van der Waals surface area contributed by atoms with Gasteiger partial charge < -0.3 is 9.64 Å². The zero-order valence-electron chi connectivity index (χ0n) is 17.6. The Morgan fingerprint density at radius 1 is 1.13 bits per heavy atom. The average molecular weight is 460 g/mol. The van der Waals surface area contributed by atoms with E-state index in [0.717, 1.165) is 45.7 Å². The number of hydrogen-bond donors (Lipinski definition) is 0. The number of likely N-dealkylation sites (tertiary alicyclic amines) is 1. The number of halogens is 3. The molecule has 6 nitrogen and oxygen atoms in total. The first-order valence-electron chi connectivity index (χ1n) is 10.9. The van der Waals surface area contributed by atoms with Crippen molar-refractivity contribution >= 4 is 10.0 Å². The second-order valence-corrected chi connectivity index (χ2v) is 11.8. The summed E-state index contributed by atoms with van der Waals surface area (Å²) in [6.45, 7) is 6.92. The lowest BCUT2D eigenvalue weighted by Gasteiger charge is -2.60. The summed E-state index contributed by atoms with van der Waals surface area (Å²) in [4.78, 5) is 6.50. The molecule has 0 radical (unpaired) electrons. The Morgan fingerprint density at radius 3 is 2.32 bits per heavy atom. The van der Waals surface area contributed by atoms with Gasteiger partial charge in [-0.2, -0.15) is 17.5 Å². The molecular formula is C21H28F3N3O3S. The van der Waals surface area contributed by atoms with Crippen molar-refractivity contribution in [2.24, 2.45) is 11.3 Å². The van der Waals surface area contributed by atoms with Gasteiger partial charge in [0.2, 0.25) is 10.0 Å². The lowest BCUT2D eigenvalue weighted by molar-refractivity contribution is -0.161. The van der Waals surface area contributed by atoms with Crippen LogP contribution in [0.2, 0.25) is 0 Å². The van der Waals surface area contributed by atoms with E-state index in [-0.39, 0.29) is 34.5 Å². The maximum atomic E-state index is 13.4. The molecular weight excluding hydrogens is 431 g/mol. The van der Waals surface area contributed by atoms with Gasteiger partial charge >= 0.3 is 6.18 Å². The van der Waals surface area contributed by atoms with Crippen molar-refractivity contribution in [2.75, 3.05) is 45.9 Å². The van der Waals surface area contributed by atoms with Gasteiger partial charge in [0.05, 0.1) is 11.4 Å². The number of nitrogens with zero attached hydrogens (tertiary/aromatic N) is 3. The average Bonchev–Trinajstić information content (AvgIpc) is 3.45. The molecule has 31 heavy (non-hydrogen) atoms. The van der Waals surface area contributed by atoms with Crippen molar-refractivity contribution < 1.29 is 26.3 Å². The molecule has 0 N–H and O–H groups in total. The summed E-state index contributed by atoms with van der Waals surface area (Å²) >= 11 is 0. The van der Waals surface area contributed by atoms with Crippen LogP contribution in [0, 0.1) is 18.3 Å². The highest BCUT2D eigenvalue weighted by Gasteiger charge is 2.65. The van der Waals surface area contributed by atoms with E-state index in [9.17, 15) is 21.6 Å². The number of sulfonamides is 1. The number of aromatic nitrogens is 1. The molecule has 0 bridgehead atoms. The van der Waals surface area contributed by atoms with Crippen LogP contribution in [0.15, 0.2) is 17.0 Å². The van der Waals surface area contributed by atoms with E-state index in [4.69, 9.17) is 4.74 Å². The van der Waals surface area contributed by atoms with E-state index in [2.05, 4.69) is 9.88 Å². The highest BCUT2D eigenvalue weighted by molar-refractivity contribution is 7.89. The molecule has 1 aromatic rings. The van der Waals surface area contributed by atoms with E-state index in [1.807, 2.05) is 0 Å². The van der Waals surface area contributed by atoms with Gasteiger partial charge in [0.1, 0.15) is 10.3 Å². The Balaban J connectivity index is 1.21. The zero-order chi connectivity index (χ0) is 22.1. The Hall–Kier alpha value is -1.23. The van der Waals surface area contributed by atoms with Crippen LogP contribution in [0.5, 0.6) is 0 Å². The fourth-order valence-electron chi connectivity index (χ4n) is 5.43. The van der Waals surface area contributed by atoms with Gasteiger partial charge in [-0.1, -0.05) is 0 Å². The number of pyridine rings is 1. The highest BCUT2D eigenvalue weighted by Crippen LogP contribution is 2.58. The molecule has 1 aliphatic carbocycles. The Morgan fingerprint density at radius 2 is 1.77 bits per heavy atom. The third-order valence-electron chi connectivity index (χ3n) is 7.44. The van der Waals surface area contributed by atoms with E-state index in [1.54, 1.807) is 0 Å². The van der Waals surface area contributed by atoms with Gasteiger partial charge in [0.25, 0.3) is 0 Å². The van der Waals surface area contributed by atoms with Crippen LogP contribution >= 0.6 is 0 Å². The molecule has 0 amide bonds.